The smallest absolute Gasteiger partial charge is 0.270 e. The highest BCUT2D eigenvalue weighted by molar-refractivity contribution is 5.34. The highest BCUT2D eigenvalue weighted by Gasteiger charge is 2.36. The van der Waals surface area contributed by atoms with Gasteiger partial charge in [-0.15, -0.1) is 0 Å². The molecular formula is C15H20F3N. The molecule has 0 amide bonds. The third-order valence-corrected chi connectivity index (χ3v) is 4.25. The zero-order chi connectivity index (χ0) is 14.1. The molecule has 0 saturated heterocycles. The summed E-state index contributed by atoms with van der Waals surface area (Å²) in [6.45, 7) is 1.14. The summed E-state index contributed by atoms with van der Waals surface area (Å²) in [4.78, 5) is 0. The standard InChI is InChI=1S/C15H20F3N/c1-14(17,18)11-5-6-13(16)12(9-11)15(10-19)7-3-2-4-8-15/h5-6,9H,2-4,7-8,10,19H2,1H3. The van der Waals surface area contributed by atoms with Gasteiger partial charge in [0.25, 0.3) is 5.92 Å². The maximum atomic E-state index is 14.1. The molecule has 0 aromatic heterocycles. The second-order valence-electron chi connectivity index (χ2n) is 5.63. The van der Waals surface area contributed by atoms with Gasteiger partial charge in [-0.2, -0.15) is 0 Å². The molecule has 2 N–H and O–H groups in total. The van der Waals surface area contributed by atoms with E-state index in [1.54, 1.807) is 0 Å². The van der Waals surface area contributed by atoms with Crippen LogP contribution in [0.1, 0.15) is 50.2 Å². The summed E-state index contributed by atoms with van der Waals surface area (Å²) < 4.78 is 40.9. The van der Waals surface area contributed by atoms with Crippen molar-refractivity contribution < 1.29 is 13.2 Å². The van der Waals surface area contributed by atoms with E-state index in [2.05, 4.69) is 0 Å². The largest absolute Gasteiger partial charge is 0.330 e. The minimum absolute atomic E-state index is 0.137. The van der Waals surface area contributed by atoms with Gasteiger partial charge in [0.05, 0.1) is 0 Å². The summed E-state index contributed by atoms with van der Waals surface area (Å²) in [5.41, 5.74) is 5.61. The maximum Gasteiger partial charge on any atom is 0.270 e. The van der Waals surface area contributed by atoms with Crippen LogP contribution in [-0.4, -0.2) is 6.54 Å². The van der Waals surface area contributed by atoms with E-state index in [4.69, 9.17) is 5.73 Å². The summed E-state index contributed by atoms with van der Waals surface area (Å²) >= 11 is 0. The molecule has 0 radical (unpaired) electrons. The summed E-state index contributed by atoms with van der Waals surface area (Å²) in [6, 6.07) is 3.62. The molecule has 0 unspecified atom stereocenters. The quantitative estimate of drug-likeness (QED) is 0.880. The van der Waals surface area contributed by atoms with E-state index < -0.39 is 17.2 Å². The van der Waals surface area contributed by atoms with E-state index in [9.17, 15) is 13.2 Å². The van der Waals surface area contributed by atoms with Gasteiger partial charge in [0.15, 0.2) is 0 Å². The zero-order valence-electron chi connectivity index (χ0n) is 11.2. The van der Waals surface area contributed by atoms with Gasteiger partial charge in [0, 0.05) is 24.4 Å². The fourth-order valence-electron chi connectivity index (χ4n) is 3.02. The van der Waals surface area contributed by atoms with E-state index >= 15 is 0 Å². The van der Waals surface area contributed by atoms with Crippen molar-refractivity contribution in [3.8, 4) is 0 Å². The van der Waals surface area contributed by atoms with Gasteiger partial charge in [0.1, 0.15) is 5.82 Å². The molecule has 1 aromatic carbocycles. The fraction of sp³-hybridized carbons (Fsp3) is 0.600. The van der Waals surface area contributed by atoms with Gasteiger partial charge in [-0.25, -0.2) is 13.2 Å². The first-order valence-electron chi connectivity index (χ1n) is 6.77. The Balaban J connectivity index is 2.47. The third-order valence-electron chi connectivity index (χ3n) is 4.25. The molecule has 0 spiro atoms. The molecule has 0 atom stereocenters. The van der Waals surface area contributed by atoms with Crippen LogP contribution >= 0.6 is 0 Å². The van der Waals surface area contributed by atoms with Crippen LogP contribution in [-0.2, 0) is 11.3 Å². The van der Waals surface area contributed by atoms with Crippen molar-refractivity contribution >= 4 is 0 Å². The van der Waals surface area contributed by atoms with Crippen LogP contribution in [0.3, 0.4) is 0 Å². The van der Waals surface area contributed by atoms with Crippen molar-refractivity contribution in [1.29, 1.82) is 0 Å². The SMILES string of the molecule is CC(F)(F)c1ccc(F)c(C2(CN)CCCCC2)c1. The molecule has 2 rings (SSSR count). The molecule has 0 bridgehead atoms. The molecule has 0 heterocycles. The molecular weight excluding hydrogens is 251 g/mol. The summed E-state index contributed by atoms with van der Waals surface area (Å²) in [5.74, 6) is -3.37. The average molecular weight is 271 g/mol. The molecule has 4 heteroatoms. The van der Waals surface area contributed by atoms with Crippen molar-refractivity contribution in [3.63, 3.8) is 0 Å². The van der Waals surface area contributed by atoms with Gasteiger partial charge in [-0.3, -0.25) is 0 Å². The molecule has 1 fully saturated rings. The second kappa shape index (κ2) is 5.16. The molecule has 0 aliphatic heterocycles. The molecule has 19 heavy (non-hydrogen) atoms. The Hall–Kier alpha value is -1.03. The highest BCUT2D eigenvalue weighted by atomic mass is 19.3. The number of rotatable bonds is 3. The highest BCUT2D eigenvalue weighted by Crippen LogP contribution is 2.41. The molecule has 1 aromatic rings. The van der Waals surface area contributed by atoms with Crippen molar-refractivity contribution in [3.05, 3.63) is 35.1 Å². The number of alkyl halides is 2. The number of halogens is 3. The summed E-state index contributed by atoms with van der Waals surface area (Å²) in [5, 5.41) is 0. The summed E-state index contributed by atoms with van der Waals surface area (Å²) in [6.07, 6.45) is 4.61. The first kappa shape index (κ1) is 14.4. The fourth-order valence-corrected chi connectivity index (χ4v) is 3.02. The Labute approximate surface area is 112 Å². The Kier molecular flexibility index (Phi) is 3.90. The van der Waals surface area contributed by atoms with Crippen LogP contribution in [0.15, 0.2) is 18.2 Å². The predicted molar refractivity (Wildman–Crippen MR) is 69.8 cm³/mol. The van der Waals surface area contributed by atoms with Crippen molar-refractivity contribution in [2.24, 2.45) is 5.73 Å². The van der Waals surface area contributed by atoms with Gasteiger partial charge >= 0.3 is 0 Å². The lowest BCUT2D eigenvalue weighted by molar-refractivity contribution is 0.0172. The monoisotopic (exact) mass is 271 g/mol. The third kappa shape index (κ3) is 2.78. The first-order valence-corrected chi connectivity index (χ1v) is 6.77. The first-order chi connectivity index (χ1) is 8.89. The average Bonchev–Trinajstić information content (AvgIpc) is 2.38. The van der Waals surface area contributed by atoms with E-state index in [1.165, 1.54) is 6.07 Å². The van der Waals surface area contributed by atoms with Gasteiger partial charge in [-0.1, -0.05) is 25.3 Å². The Morgan fingerprint density at radius 2 is 1.84 bits per heavy atom. The van der Waals surface area contributed by atoms with Crippen molar-refractivity contribution in [2.45, 2.75) is 50.4 Å². The van der Waals surface area contributed by atoms with Crippen LogP contribution in [0, 0.1) is 5.82 Å². The number of benzene rings is 1. The molecule has 1 aliphatic rings. The predicted octanol–water partition coefficient (Wildman–Crippen LogP) is 4.10. The number of nitrogens with two attached hydrogens (primary N) is 1. The number of hydrogen-bond acceptors (Lipinski definition) is 1. The van der Waals surface area contributed by atoms with E-state index in [0.29, 0.717) is 12.1 Å². The Morgan fingerprint density at radius 1 is 1.21 bits per heavy atom. The lowest BCUT2D eigenvalue weighted by Gasteiger charge is -2.37. The van der Waals surface area contributed by atoms with Gasteiger partial charge in [0.2, 0.25) is 0 Å². The number of hydrogen-bond donors (Lipinski definition) is 1. The van der Waals surface area contributed by atoms with E-state index in [-0.39, 0.29) is 5.56 Å². The molecule has 106 valence electrons. The van der Waals surface area contributed by atoms with E-state index in [1.807, 2.05) is 0 Å². The van der Waals surface area contributed by atoms with Crippen LogP contribution in [0.4, 0.5) is 13.2 Å². The van der Waals surface area contributed by atoms with Gasteiger partial charge < -0.3 is 5.73 Å². The normalized spacial score (nSPS) is 19.4. The van der Waals surface area contributed by atoms with Crippen LogP contribution < -0.4 is 5.73 Å². The second-order valence-corrected chi connectivity index (χ2v) is 5.63. The lowest BCUT2D eigenvalue weighted by atomic mass is 9.69. The molecule has 1 nitrogen and oxygen atoms in total. The molecule has 1 aliphatic carbocycles. The topological polar surface area (TPSA) is 26.0 Å². The van der Waals surface area contributed by atoms with Crippen LogP contribution in [0.5, 0.6) is 0 Å². The Morgan fingerprint density at radius 3 is 2.37 bits per heavy atom. The Bertz CT molecular complexity index is 445. The van der Waals surface area contributed by atoms with Gasteiger partial charge in [-0.05, 0) is 30.5 Å². The van der Waals surface area contributed by atoms with E-state index in [0.717, 1.165) is 51.2 Å². The molecule has 1 saturated carbocycles. The summed E-state index contributed by atoms with van der Waals surface area (Å²) in [7, 11) is 0. The minimum Gasteiger partial charge on any atom is -0.330 e. The van der Waals surface area contributed by atoms with Crippen molar-refractivity contribution in [2.75, 3.05) is 6.54 Å². The zero-order valence-corrected chi connectivity index (χ0v) is 11.2. The maximum absolute atomic E-state index is 14.1. The lowest BCUT2D eigenvalue weighted by Crippen LogP contribution is -2.38. The van der Waals surface area contributed by atoms with Crippen LogP contribution in [0.25, 0.3) is 0 Å². The minimum atomic E-state index is -2.95. The van der Waals surface area contributed by atoms with Crippen molar-refractivity contribution in [1.82, 2.24) is 0 Å². The van der Waals surface area contributed by atoms with Crippen LogP contribution in [0.2, 0.25) is 0 Å².